The van der Waals surface area contributed by atoms with Crippen molar-refractivity contribution in [1.82, 2.24) is 4.90 Å². The first-order valence-electron chi connectivity index (χ1n) is 5.16. The van der Waals surface area contributed by atoms with Crippen LogP contribution in [-0.2, 0) is 14.3 Å². The van der Waals surface area contributed by atoms with E-state index in [2.05, 4.69) is 0 Å². The third-order valence-corrected chi connectivity index (χ3v) is 2.68. The van der Waals surface area contributed by atoms with Crippen LogP contribution >= 0.6 is 0 Å². The van der Waals surface area contributed by atoms with E-state index >= 15 is 0 Å². The van der Waals surface area contributed by atoms with Gasteiger partial charge < -0.3 is 14.4 Å². The quantitative estimate of drug-likeness (QED) is 0.638. The van der Waals surface area contributed by atoms with Crippen molar-refractivity contribution in [2.45, 2.75) is 25.6 Å². The standard InChI is InChI=1S/C11H19NO3/c1-9(13)12-7-5-4-6-10(14-2)11(8-12)15-3/h4,6,10-11H,5,7-8H2,1-3H3. The molecule has 0 N–H and O–H groups in total. The van der Waals surface area contributed by atoms with Gasteiger partial charge in [0, 0.05) is 34.2 Å². The van der Waals surface area contributed by atoms with Gasteiger partial charge in [0.2, 0.25) is 5.91 Å². The number of carbonyl (C=O) groups is 1. The number of methoxy groups -OCH3 is 2. The highest BCUT2D eigenvalue weighted by Gasteiger charge is 2.24. The molecule has 0 aromatic heterocycles. The molecule has 2 unspecified atom stereocenters. The van der Waals surface area contributed by atoms with Crippen LogP contribution in [0.15, 0.2) is 12.2 Å². The lowest BCUT2D eigenvalue weighted by molar-refractivity contribution is -0.132. The molecular weight excluding hydrogens is 194 g/mol. The second-order valence-corrected chi connectivity index (χ2v) is 3.66. The predicted molar refractivity (Wildman–Crippen MR) is 57.6 cm³/mol. The van der Waals surface area contributed by atoms with Gasteiger partial charge in [0.25, 0.3) is 0 Å². The Morgan fingerprint density at radius 1 is 1.40 bits per heavy atom. The number of rotatable bonds is 2. The Kier molecular flexibility index (Phi) is 4.78. The molecule has 15 heavy (non-hydrogen) atoms. The van der Waals surface area contributed by atoms with E-state index in [1.165, 1.54) is 0 Å². The molecule has 1 aliphatic rings. The summed E-state index contributed by atoms with van der Waals surface area (Å²) in [5.41, 5.74) is 0. The minimum absolute atomic E-state index is 0.0721. The molecule has 4 heteroatoms. The van der Waals surface area contributed by atoms with Crippen molar-refractivity contribution >= 4 is 5.91 Å². The second kappa shape index (κ2) is 5.88. The lowest BCUT2D eigenvalue weighted by Crippen LogP contribution is -2.43. The average Bonchev–Trinajstić information content (AvgIpc) is 2.17. The summed E-state index contributed by atoms with van der Waals surface area (Å²) in [6, 6.07) is 0. The number of carbonyl (C=O) groups excluding carboxylic acids is 1. The Morgan fingerprint density at radius 2 is 2.13 bits per heavy atom. The van der Waals surface area contributed by atoms with Crippen LogP contribution in [0.2, 0.25) is 0 Å². The van der Waals surface area contributed by atoms with Gasteiger partial charge in [0.1, 0.15) is 12.2 Å². The third kappa shape index (κ3) is 3.32. The Bertz CT molecular complexity index is 240. The SMILES string of the molecule is COC1C=CCCN(C(C)=O)CC1OC. The number of hydrogen-bond donors (Lipinski definition) is 0. The van der Waals surface area contributed by atoms with Gasteiger partial charge in [0.15, 0.2) is 0 Å². The lowest BCUT2D eigenvalue weighted by Gasteiger charge is -2.30. The first-order chi connectivity index (χ1) is 7.19. The number of hydrogen-bond acceptors (Lipinski definition) is 3. The molecule has 4 nitrogen and oxygen atoms in total. The van der Waals surface area contributed by atoms with Crippen LogP contribution in [0.3, 0.4) is 0 Å². The van der Waals surface area contributed by atoms with Gasteiger partial charge in [-0.3, -0.25) is 4.79 Å². The van der Waals surface area contributed by atoms with Crippen molar-refractivity contribution in [1.29, 1.82) is 0 Å². The van der Waals surface area contributed by atoms with Gasteiger partial charge in [-0.15, -0.1) is 0 Å². The van der Waals surface area contributed by atoms with Crippen molar-refractivity contribution in [3.8, 4) is 0 Å². The summed E-state index contributed by atoms with van der Waals surface area (Å²) in [6.45, 7) is 2.93. The minimum atomic E-state index is -0.0875. The van der Waals surface area contributed by atoms with Gasteiger partial charge in [-0.1, -0.05) is 12.2 Å². The van der Waals surface area contributed by atoms with E-state index in [0.29, 0.717) is 6.54 Å². The van der Waals surface area contributed by atoms with Gasteiger partial charge in [-0.05, 0) is 6.42 Å². The van der Waals surface area contributed by atoms with Crippen molar-refractivity contribution in [2.75, 3.05) is 27.3 Å². The molecule has 86 valence electrons. The monoisotopic (exact) mass is 213 g/mol. The highest BCUT2D eigenvalue weighted by molar-refractivity contribution is 5.73. The lowest BCUT2D eigenvalue weighted by atomic mass is 10.1. The van der Waals surface area contributed by atoms with Crippen molar-refractivity contribution in [2.24, 2.45) is 0 Å². The summed E-state index contributed by atoms with van der Waals surface area (Å²) >= 11 is 0. The normalized spacial score (nSPS) is 27.3. The largest absolute Gasteiger partial charge is 0.377 e. The van der Waals surface area contributed by atoms with Crippen LogP contribution in [0.4, 0.5) is 0 Å². The Balaban J connectivity index is 2.73. The fourth-order valence-corrected chi connectivity index (χ4v) is 1.72. The summed E-state index contributed by atoms with van der Waals surface area (Å²) in [6.07, 6.45) is 4.75. The summed E-state index contributed by atoms with van der Waals surface area (Å²) < 4.78 is 10.6. The molecule has 0 radical (unpaired) electrons. The first kappa shape index (κ1) is 12.2. The molecular formula is C11H19NO3. The highest BCUT2D eigenvalue weighted by Crippen LogP contribution is 2.11. The smallest absolute Gasteiger partial charge is 0.219 e. The molecule has 0 aliphatic carbocycles. The highest BCUT2D eigenvalue weighted by atomic mass is 16.5. The number of amides is 1. The Morgan fingerprint density at radius 3 is 2.67 bits per heavy atom. The van der Waals surface area contributed by atoms with Gasteiger partial charge in [0.05, 0.1) is 0 Å². The van der Waals surface area contributed by atoms with Crippen LogP contribution in [0.1, 0.15) is 13.3 Å². The van der Waals surface area contributed by atoms with E-state index in [-0.39, 0.29) is 18.1 Å². The molecule has 0 bridgehead atoms. The van der Waals surface area contributed by atoms with Crippen LogP contribution in [0, 0.1) is 0 Å². The van der Waals surface area contributed by atoms with Gasteiger partial charge in [-0.25, -0.2) is 0 Å². The zero-order valence-electron chi connectivity index (χ0n) is 9.60. The molecule has 0 fully saturated rings. The fraction of sp³-hybridized carbons (Fsp3) is 0.727. The summed E-state index contributed by atoms with van der Waals surface area (Å²) in [5, 5.41) is 0. The summed E-state index contributed by atoms with van der Waals surface area (Å²) in [5.74, 6) is 0.0854. The van der Waals surface area contributed by atoms with E-state index in [1.807, 2.05) is 12.2 Å². The molecule has 0 aromatic carbocycles. The zero-order chi connectivity index (χ0) is 11.3. The Labute approximate surface area is 90.8 Å². The van der Waals surface area contributed by atoms with Crippen molar-refractivity contribution in [3.63, 3.8) is 0 Å². The van der Waals surface area contributed by atoms with Crippen molar-refractivity contribution < 1.29 is 14.3 Å². The zero-order valence-corrected chi connectivity index (χ0v) is 9.60. The van der Waals surface area contributed by atoms with Crippen LogP contribution in [-0.4, -0.2) is 50.3 Å². The molecule has 0 saturated carbocycles. The predicted octanol–water partition coefficient (Wildman–Crippen LogP) is 0.825. The molecule has 0 aromatic rings. The van der Waals surface area contributed by atoms with Crippen LogP contribution in [0.25, 0.3) is 0 Å². The van der Waals surface area contributed by atoms with E-state index in [0.717, 1.165) is 13.0 Å². The molecule has 0 saturated heterocycles. The first-order valence-corrected chi connectivity index (χ1v) is 5.16. The van der Waals surface area contributed by atoms with Crippen molar-refractivity contribution in [3.05, 3.63) is 12.2 Å². The van der Waals surface area contributed by atoms with Crippen LogP contribution in [0.5, 0.6) is 0 Å². The molecule has 2 atom stereocenters. The number of nitrogens with zero attached hydrogens (tertiary/aromatic N) is 1. The maximum absolute atomic E-state index is 11.3. The van der Waals surface area contributed by atoms with Crippen LogP contribution < -0.4 is 0 Å². The maximum atomic E-state index is 11.3. The maximum Gasteiger partial charge on any atom is 0.219 e. The number of ether oxygens (including phenoxy) is 2. The van der Waals surface area contributed by atoms with E-state index in [4.69, 9.17) is 9.47 Å². The van der Waals surface area contributed by atoms with E-state index < -0.39 is 0 Å². The van der Waals surface area contributed by atoms with E-state index in [9.17, 15) is 4.79 Å². The molecule has 1 amide bonds. The summed E-state index contributed by atoms with van der Waals surface area (Å²) in [7, 11) is 3.30. The Hall–Kier alpha value is -0.870. The fourth-order valence-electron chi connectivity index (χ4n) is 1.72. The molecule has 1 heterocycles. The second-order valence-electron chi connectivity index (χ2n) is 3.66. The average molecular weight is 213 g/mol. The minimum Gasteiger partial charge on any atom is -0.377 e. The van der Waals surface area contributed by atoms with Gasteiger partial charge >= 0.3 is 0 Å². The molecule has 1 aliphatic heterocycles. The third-order valence-electron chi connectivity index (χ3n) is 2.68. The van der Waals surface area contributed by atoms with E-state index in [1.54, 1.807) is 26.0 Å². The van der Waals surface area contributed by atoms with Gasteiger partial charge in [-0.2, -0.15) is 0 Å². The molecule has 1 rings (SSSR count). The molecule has 0 spiro atoms. The summed E-state index contributed by atoms with van der Waals surface area (Å²) in [4.78, 5) is 13.1. The topological polar surface area (TPSA) is 38.8 Å².